The van der Waals surface area contributed by atoms with E-state index in [1.165, 1.54) is 0 Å². The van der Waals surface area contributed by atoms with Crippen LogP contribution in [0.5, 0.6) is 0 Å². The molecule has 2 aromatic carbocycles. The van der Waals surface area contributed by atoms with Gasteiger partial charge in [-0.2, -0.15) is 0 Å². The van der Waals surface area contributed by atoms with E-state index in [9.17, 15) is 4.79 Å². The highest BCUT2D eigenvalue weighted by Crippen LogP contribution is 2.08. The molecule has 22 heavy (non-hydrogen) atoms. The number of piperazine rings is 1. The third kappa shape index (κ3) is 3.55. The van der Waals surface area contributed by atoms with Gasteiger partial charge in [-0.15, -0.1) is 0 Å². The SMILES string of the molecule is O=C(c1ccc(C#Cc2ccccc2)cc1)N1CCNCC1. The second kappa shape index (κ2) is 6.93. The van der Waals surface area contributed by atoms with Gasteiger partial charge < -0.3 is 10.2 Å². The Morgan fingerprint density at radius 1 is 0.864 bits per heavy atom. The van der Waals surface area contributed by atoms with Crippen LogP contribution in [0.15, 0.2) is 54.6 Å². The molecule has 1 aliphatic heterocycles. The summed E-state index contributed by atoms with van der Waals surface area (Å²) in [5.74, 6) is 6.34. The maximum absolute atomic E-state index is 12.4. The van der Waals surface area contributed by atoms with Crippen molar-refractivity contribution in [1.29, 1.82) is 0 Å². The van der Waals surface area contributed by atoms with Crippen molar-refractivity contribution in [3.05, 3.63) is 71.3 Å². The van der Waals surface area contributed by atoms with Gasteiger partial charge in [-0.05, 0) is 36.4 Å². The maximum Gasteiger partial charge on any atom is 0.253 e. The third-order valence-corrected chi connectivity index (χ3v) is 3.66. The highest BCUT2D eigenvalue weighted by atomic mass is 16.2. The molecule has 0 aromatic heterocycles. The predicted molar refractivity (Wildman–Crippen MR) is 87.6 cm³/mol. The fourth-order valence-electron chi connectivity index (χ4n) is 2.41. The predicted octanol–water partition coefficient (Wildman–Crippen LogP) is 2.13. The molecule has 1 fully saturated rings. The molecule has 0 radical (unpaired) electrons. The number of benzene rings is 2. The van der Waals surface area contributed by atoms with Crippen LogP contribution >= 0.6 is 0 Å². The summed E-state index contributed by atoms with van der Waals surface area (Å²) in [6, 6.07) is 17.4. The van der Waals surface area contributed by atoms with E-state index in [1.807, 2.05) is 59.5 Å². The Kier molecular flexibility index (Phi) is 4.53. The summed E-state index contributed by atoms with van der Waals surface area (Å²) < 4.78 is 0. The monoisotopic (exact) mass is 290 g/mol. The van der Waals surface area contributed by atoms with Crippen molar-refractivity contribution in [1.82, 2.24) is 10.2 Å². The number of rotatable bonds is 1. The topological polar surface area (TPSA) is 32.3 Å². The first kappa shape index (κ1) is 14.4. The minimum atomic E-state index is 0.101. The molecular formula is C19H18N2O. The third-order valence-electron chi connectivity index (χ3n) is 3.66. The van der Waals surface area contributed by atoms with Crippen LogP contribution < -0.4 is 5.32 Å². The molecule has 0 aliphatic carbocycles. The summed E-state index contributed by atoms with van der Waals surface area (Å²) in [6.07, 6.45) is 0. The van der Waals surface area contributed by atoms with Gasteiger partial charge in [0.25, 0.3) is 5.91 Å². The second-order valence-corrected chi connectivity index (χ2v) is 5.24. The molecular weight excluding hydrogens is 272 g/mol. The molecule has 1 heterocycles. The molecule has 0 saturated carbocycles. The van der Waals surface area contributed by atoms with Crippen LogP contribution in [0.3, 0.4) is 0 Å². The smallest absolute Gasteiger partial charge is 0.253 e. The highest BCUT2D eigenvalue weighted by molar-refractivity contribution is 5.94. The van der Waals surface area contributed by atoms with Crippen LogP contribution in [0.4, 0.5) is 0 Å². The molecule has 1 saturated heterocycles. The van der Waals surface area contributed by atoms with Gasteiger partial charge in [0.1, 0.15) is 0 Å². The number of carbonyl (C=O) groups excluding carboxylic acids is 1. The molecule has 0 atom stereocenters. The van der Waals surface area contributed by atoms with Crippen molar-refractivity contribution in [3.8, 4) is 11.8 Å². The Morgan fingerprint density at radius 3 is 2.09 bits per heavy atom. The van der Waals surface area contributed by atoms with Gasteiger partial charge in [-0.1, -0.05) is 30.0 Å². The molecule has 3 rings (SSSR count). The lowest BCUT2D eigenvalue weighted by molar-refractivity contribution is 0.0736. The standard InChI is InChI=1S/C19H18N2O/c22-19(21-14-12-20-13-15-21)18-10-8-17(9-11-18)7-6-16-4-2-1-3-5-16/h1-5,8-11,20H,12-15H2. The Morgan fingerprint density at radius 2 is 1.45 bits per heavy atom. The lowest BCUT2D eigenvalue weighted by Crippen LogP contribution is -2.46. The van der Waals surface area contributed by atoms with Gasteiger partial charge in [-0.25, -0.2) is 0 Å². The van der Waals surface area contributed by atoms with E-state index in [-0.39, 0.29) is 5.91 Å². The largest absolute Gasteiger partial charge is 0.336 e. The van der Waals surface area contributed by atoms with Crippen LogP contribution in [0.2, 0.25) is 0 Å². The van der Waals surface area contributed by atoms with Crippen LogP contribution in [-0.2, 0) is 0 Å². The van der Waals surface area contributed by atoms with E-state index < -0.39 is 0 Å². The average Bonchev–Trinajstić information content (AvgIpc) is 2.61. The van der Waals surface area contributed by atoms with E-state index in [2.05, 4.69) is 17.2 Å². The van der Waals surface area contributed by atoms with Gasteiger partial charge >= 0.3 is 0 Å². The lowest BCUT2D eigenvalue weighted by Gasteiger charge is -2.27. The normalized spacial score (nSPS) is 14.1. The summed E-state index contributed by atoms with van der Waals surface area (Å²) in [5, 5.41) is 3.25. The van der Waals surface area contributed by atoms with Crippen molar-refractivity contribution in [2.45, 2.75) is 0 Å². The van der Waals surface area contributed by atoms with Crippen molar-refractivity contribution in [2.75, 3.05) is 26.2 Å². The summed E-state index contributed by atoms with van der Waals surface area (Å²) in [6.45, 7) is 3.28. The van der Waals surface area contributed by atoms with Crippen LogP contribution in [0.1, 0.15) is 21.5 Å². The van der Waals surface area contributed by atoms with E-state index in [0.29, 0.717) is 0 Å². The molecule has 0 spiro atoms. The number of amides is 1. The summed E-state index contributed by atoms with van der Waals surface area (Å²) in [4.78, 5) is 14.2. The van der Waals surface area contributed by atoms with Gasteiger partial charge in [-0.3, -0.25) is 4.79 Å². The molecule has 0 unspecified atom stereocenters. The zero-order valence-electron chi connectivity index (χ0n) is 12.4. The Labute approximate surface area is 131 Å². The molecule has 0 bridgehead atoms. The van der Waals surface area contributed by atoms with E-state index >= 15 is 0 Å². The number of hydrogen-bond donors (Lipinski definition) is 1. The Balaban J connectivity index is 1.70. The molecule has 3 heteroatoms. The minimum Gasteiger partial charge on any atom is -0.336 e. The molecule has 2 aromatic rings. The molecule has 1 amide bonds. The fourth-order valence-corrected chi connectivity index (χ4v) is 2.41. The zero-order valence-corrected chi connectivity index (χ0v) is 12.4. The first-order valence-electron chi connectivity index (χ1n) is 7.50. The van der Waals surface area contributed by atoms with E-state index in [4.69, 9.17) is 0 Å². The average molecular weight is 290 g/mol. The fraction of sp³-hybridized carbons (Fsp3) is 0.211. The first-order valence-corrected chi connectivity index (χ1v) is 7.50. The van der Waals surface area contributed by atoms with E-state index in [1.54, 1.807) is 0 Å². The van der Waals surface area contributed by atoms with Crippen molar-refractivity contribution >= 4 is 5.91 Å². The van der Waals surface area contributed by atoms with Gasteiger partial charge in [0.15, 0.2) is 0 Å². The van der Waals surface area contributed by atoms with Gasteiger partial charge in [0.05, 0.1) is 0 Å². The summed E-state index contributed by atoms with van der Waals surface area (Å²) in [5.41, 5.74) is 2.64. The number of carbonyl (C=O) groups is 1. The molecule has 110 valence electrons. The van der Waals surface area contributed by atoms with Crippen LogP contribution in [-0.4, -0.2) is 37.0 Å². The van der Waals surface area contributed by atoms with Crippen molar-refractivity contribution in [3.63, 3.8) is 0 Å². The first-order chi connectivity index (χ1) is 10.8. The number of hydrogen-bond acceptors (Lipinski definition) is 2. The van der Waals surface area contributed by atoms with Crippen LogP contribution in [0.25, 0.3) is 0 Å². The molecule has 1 N–H and O–H groups in total. The van der Waals surface area contributed by atoms with E-state index in [0.717, 1.165) is 42.9 Å². The number of nitrogens with one attached hydrogen (secondary N) is 1. The summed E-state index contributed by atoms with van der Waals surface area (Å²) >= 11 is 0. The molecule has 1 aliphatic rings. The molecule has 3 nitrogen and oxygen atoms in total. The zero-order chi connectivity index (χ0) is 15.2. The van der Waals surface area contributed by atoms with Gasteiger partial charge in [0, 0.05) is 42.9 Å². The van der Waals surface area contributed by atoms with Crippen molar-refractivity contribution in [2.24, 2.45) is 0 Å². The summed E-state index contributed by atoms with van der Waals surface area (Å²) in [7, 11) is 0. The Hall–Kier alpha value is -2.57. The maximum atomic E-state index is 12.4. The number of nitrogens with zero attached hydrogens (tertiary/aromatic N) is 1. The highest BCUT2D eigenvalue weighted by Gasteiger charge is 2.17. The lowest BCUT2D eigenvalue weighted by atomic mass is 10.1. The van der Waals surface area contributed by atoms with Crippen LogP contribution in [0, 0.1) is 11.8 Å². The minimum absolute atomic E-state index is 0.101. The van der Waals surface area contributed by atoms with Gasteiger partial charge in [0.2, 0.25) is 0 Å². The second-order valence-electron chi connectivity index (χ2n) is 5.24. The Bertz CT molecular complexity index is 690. The quantitative estimate of drug-likeness (QED) is 0.816. The van der Waals surface area contributed by atoms with Crippen molar-refractivity contribution < 1.29 is 4.79 Å².